The number of benzene rings is 2. The van der Waals surface area contributed by atoms with Crippen molar-refractivity contribution in [2.24, 2.45) is 0 Å². The molecule has 0 amide bonds. The van der Waals surface area contributed by atoms with E-state index in [0.717, 1.165) is 12.7 Å². The van der Waals surface area contributed by atoms with Crippen molar-refractivity contribution in [2.75, 3.05) is 24.2 Å². The summed E-state index contributed by atoms with van der Waals surface area (Å²) >= 11 is 0. The number of nitrogens with one attached hydrogen (secondary N) is 1. The van der Waals surface area contributed by atoms with E-state index in [1.54, 1.807) is 24.3 Å². The molecule has 144 valence electrons. The summed E-state index contributed by atoms with van der Waals surface area (Å²) in [6.07, 6.45) is 1.92. The van der Waals surface area contributed by atoms with E-state index in [-0.39, 0.29) is 0 Å². The molecule has 0 atom stereocenters. The number of rotatable bonds is 9. The van der Waals surface area contributed by atoms with Crippen LogP contribution in [-0.2, 0) is 14.8 Å². The first-order valence-electron chi connectivity index (χ1n) is 8.29. The summed E-state index contributed by atoms with van der Waals surface area (Å²) in [5.74, 6) is -0.342. The van der Waals surface area contributed by atoms with E-state index in [0.29, 0.717) is 29.2 Å². The zero-order valence-corrected chi connectivity index (χ0v) is 15.9. The molecule has 7 nitrogen and oxygen atoms in total. The third-order valence-electron chi connectivity index (χ3n) is 3.41. The van der Waals surface area contributed by atoms with E-state index in [2.05, 4.69) is 4.72 Å². The molecular weight excluding hydrogens is 370 g/mol. The zero-order chi connectivity index (χ0) is 19.9. The Labute approximate surface area is 158 Å². The van der Waals surface area contributed by atoms with Crippen LogP contribution >= 0.6 is 0 Å². The lowest BCUT2D eigenvalue weighted by Gasteiger charge is -2.07. The van der Waals surface area contributed by atoms with Gasteiger partial charge in [0.25, 0.3) is 0 Å². The van der Waals surface area contributed by atoms with Crippen LogP contribution in [0.25, 0.3) is 0 Å². The van der Waals surface area contributed by atoms with Crippen LogP contribution in [0.2, 0.25) is 0 Å². The lowest BCUT2D eigenvalue weighted by Crippen LogP contribution is -2.14. The fraction of sp³-hybridized carbons (Fsp3) is 0.263. The van der Waals surface area contributed by atoms with Crippen LogP contribution < -0.4 is 9.46 Å². The van der Waals surface area contributed by atoms with E-state index < -0.39 is 28.4 Å². The number of anilines is 1. The highest BCUT2D eigenvalue weighted by Gasteiger charge is 2.12. The van der Waals surface area contributed by atoms with Gasteiger partial charge in [-0.2, -0.15) is 0 Å². The quantitative estimate of drug-likeness (QED) is 0.521. The topological polar surface area (TPSA) is 98.8 Å². The van der Waals surface area contributed by atoms with Crippen molar-refractivity contribution in [3.63, 3.8) is 0 Å². The van der Waals surface area contributed by atoms with E-state index in [9.17, 15) is 18.0 Å². The molecule has 8 heteroatoms. The predicted molar refractivity (Wildman–Crippen MR) is 102 cm³/mol. The molecule has 2 rings (SSSR count). The van der Waals surface area contributed by atoms with Crippen molar-refractivity contribution < 1.29 is 27.5 Å². The third-order valence-corrected chi connectivity index (χ3v) is 4.01. The molecule has 2 aromatic carbocycles. The summed E-state index contributed by atoms with van der Waals surface area (Å²) in [4.78, 5) is 24.1. The van der Waals surface area contributed by atoms with E-state index in [1.165, 1.54) is 24.3 Å². The molecule has 0 spiro atoms. The van der Waals surface area contributed by atoms with Gasteiger partial charge in [0.1, 0.15) is 5.75 Å². The second-order valence-corrected chi connectivity index (χ2v) is 7.57. The van der Waals surface area contributed by atoms with Crippen molar-refractivity contribution in [3.8, 4) is 5.75 Å². The largest absolute Gasteiger partial charge is 0.494 e. The molecule has 0 fully saturated rings. The van der Waals surface area contributed by atoms with Crippen molar-refractivity contribution >= 4 is 27.5 Å². The fourth-order valence-corrected chi connectivity index (χ4v) is 2.71. The number of hydrogen-bond donors (Lipinski definition) is 1. The fourth-order valence-electron chi connectivity index (χ4n) is 2.14. The minimum Gasteiger partial charge on any atom is -0.494 e. The second kappa shape index (κ2) is 9.18. The van der Waals surface area contributed by atoms with Gasteiger partial charge in [-0.05, 0) is 55.0 Å². The first-order valence-corrected chi connectivity index (χ1v) is 10.2. The highest BCUT2D eigenvalue weighted by molar-refractivity contribution is 7.92. The normalized spacial score (nSPS) is 10.9. The molecule has 0 aliphatic carbocycles. The minimum atomic E-state index is -3.38. The van der Waals surface area contributed by atoms with E-state index in [4.69, 9.17) is 9.47 Å². The number of ether oxygens (including phenoxy) is 2. The SMILES string of the molecule is CCCOc1ccc(C(=O)OCC(=O)c2ccc(NS(C)(=O)=O)cc2)cc1. The lowest BCUT2D eigenvalue weighted by atomic mass is 10.1. The maximum Gasteiger partial charge on any atom is 0.338 e. The summed E-state index contributed by atoms with van der Waals surface area (Å²) in [5.41, 5.74) is 0.973. The molecule has 0 heterocycles. The Balaban J connectivity index is 1.89. The Hall–Kier alpha value is -2.87. The van der Waals surface area contributed by atoms with Gasteiger partial charge in [0.05, 0.1) is 18.4 Å². The number of Topliss-reactive ketones (excluding diaryl/α,β-unsaturated/α-hetero) is 1. The van der Waals surface area contributed by atoms with Crippen molar-refractivity contribution in [3.05, 3.63) is 59.7 Å². The minimum absolute atomic E-state index is 0.310. The van der Waals surface area contributed by atoms with Gasteiger partial charge in [-0.3, -0.25) is 9.52 Å². The average molecular weight is 391 g/mol. The molecule has 0 saturated carbocycles. The highest BCUT2D eigenvalue weighted by atomic mass is 32.2. The molecule has 0 saturated heterocycles. The molecular formula is C19H21NO6S. The monoisotopic (exact) mass is 391 g/mol. The molecule has 0 radical (unpaired) electrons. The number of sulfonamides is 1. The number of ketones is 1. The van der Waals surface area contributed by atoms with Gasteiger partial charge in [0, 0.05) is 11.3 Å². The summed E-state index contributed by atoms with van der Waals surface area (Å²) in [7, 11) is -3.38. The maximum atomic E-state index is 12.1. The first kappa shape index (κ1) is 20.4. The second-order valence-electron chi connectivity index (χ2n) is 5.82. The van der Waals surface area contributed by atoms with Crippen LogP contribution in [0.15, 0.2) is 48.5 Å². The molecule has 0 unspecified atom stereocenters. The Bertz CT molecular complexity index is 889. The number of hydrogen-bond acceptors (Lipinski definition) is 6. The average Bonchev–Trinajstić information content (AvgIpc) is 2.64. The van der Waals surface area contributed by atoms with Crippen LogP contribution in [0.3, 0.4) is 0 Å². The Morgan fingerprint density at radius 2 is 1.56 bits per heavy atom. The summed E-state index contributed by atoms with van der Waals surface area (Å²) in [6.45, 7) is 2.18. The predicted octanol–water partition coefficient (Wildman–Crippen LogP) is 2.89. The van der Waals surface area contributed by atoms with E-state index in [1.807, 2.05) is 6.92 Å². The molecule has 1 N–H and O–H groups in total. The van der Waals surface area contributed by atoms with Crippen LogP contribution in [0, 0.1) is 0 Å². The maximum absolute atomic E-state index is 12.1. The van der Waals surface area contributed by atoms with Gasteiger partial charge < -0.3 is 9.47 Å². The van der Waals surface area contributed by atoms with Crippen molar-refractivity contribution in [1.29, 1.82) is 0 Å². The molecule has 0 aliphatic rings. The number of carbonyl (C=O) groups is 2. The van der Waals surface area contributed by atoms with Crippen LogP contribution in [0.4, 0.5) is 5.69 Å². The van der Waals surface area contributed by atoms with Gasteiger partial charge in [-0.25, -0.2) is 13.2 Å². The molecule has 2 aromatic rings. The molecule has 0 aromatic heterocycles. The molecule has 27 heavy (non-hydrogen) atoms. The summed E-state index contributed by atoms with van der Waals surface area (Å²) in [6, 6.07) is 12.3. The standard InChI is InChI=1S/C19H21NO6S/c1-3-12-25-17-10-6-15(7-11-17)19(22)26-13-18(21)14-4-8-16(9-5-14)20-27(2,23)24/h4-11,20H,3,12-13H2,1-2H3. The molecule has 0 bridgehead atoms. The Morgan fingerprint density at radius 3 is 2.11 bits per heavy atom. The van der Waals surface area contributed by atoms with Gasteiger partial charge in [-0.15, -0.1) is 0 Å². The first-order chi connectivity index (χ1) is 12.8. The Morgan fingerprint density at radius 1 is 0.963 bits per heavy atom. The number of carbonyl (C=O) groups excluding carboxylic acids is 2. The lowest BCUT2D eigenvalue weighted by molar-refractivity contribution is 0.0474. The Kier molecular flexibility index (Phi) is 6.95. The van der Waals surface area contributed by atoms with Gasteiger partial charge >= 0.3 is 5.97 Å². The van der Waals surface area contributed by atoms with Crippen molar-refractivity contribution in [2.45, 2.75) is 13.3 Å². The van der Waals surface area contributed by atoms with Crippen molar-refractivity contribution in [1.82, 2.24) is 0 Å². The van der Waals surface area contributed by atoms with Crippen LogP contribution in [0.1, 0.15) is 34.1 Å². The summed E-state index contributed by atoms with van der Waals surface area (Å²) < 4.78 is 35.1. The third kappa shape index (κ3) is 6.74. The van der Waals surface area contributed by atoms with Gasteiger partial charge in [-0.1, -0.05) is 6.92 Å². The van der Waals surface area contributed by atoms with Gasteiger partial charge in [0.15, 0.2) is 12.4 Å². The molecule has 0 aliphatic heterocycles. The van der Waals surface area contributed by atoms with Crippen LogP contribution in [-0.4, -0.2) is 39.6 Å². The summed E-state index contributed by atoms with van der Waals surface area (Å²) in [5, 5.41) is 0. The van der Waals surface area contributed by atoms with E-state index >= 15 is 0 Å². The zero-order valence-electron chi connectivity index (χ0n) is 15.1. The van der Waals surface area contributed by atoms with Crippen LogP contribution in [0.5, 0.6) is 5.75 Å². The highest BCUT2D eigenvalue weighted by Crippen LogP contribution is 2.14. The number of esters is 1. The smallest absolute Gasteiger partial charge is 0.338 e. The van der Waals surface area contributed by atoms with Gasteiger partial charge in [0.2, 0.25) is 10.0 Å².